The molecule has 1 nitrogen and oxygen atoms in total. The maximum absolute atomic E-state index is 3.46. The van der Waals surface area contributed by atoms with Gasteiger partial charge in [-0.2, -0.15) is 0 Å². The van der Waals surface area contributed by atoms with Crippen LogP contribution >= 0.6 is 0 Å². The molecule has 2 unspecified atom stereocenters. The Morgan fingerprint density at radius 3 is 2.80 bits per heavy atom. The van der Waals surface area contributed by atoms with Gasteiger partial charge in [0.1, 0.15) is 0 Å². The van der Waals surface area contributed by atoms with Crippen LogP contribution in [-0.4, -0.2) is 13.1 Å². The highest BCUT2D eigenvalue weighted by molar-refractivity contribution is 5.07. The molecule has 1 heterocycles. The molecular weight excluding hydrogens is 122 g/mol. The molecule has 2 rings (SSSR count). The van der Waals surface area contributed by atoms with Gasteiger partial charge in [-0.15, -0.1) is 0 Å². The van der Waals surface area contributed by atoms with Gasteiger partial charge < -0.3 is 5.32 Å². The molecule has 1 heteroatoms. The predicted octanol–water partition coefficient (Wildman–Crippen LogP) is 1.89. The molecule has 1 N–H and O–H groups in total. The smallest absolute Gasteiger partial charge is 0.00112 e. The monoisotopic (exact) mass is 141 g/mol. The van der Waals surface area contributed by atoms with Gasteiger partial charge in [0.25, 0.3) is 0 Å². The van der Waals surface area contributed by atoms with E-state index in [0.717, 1.165) is 17.3 Å². The standard InChI is InChI=1S/C9H17N.H2/c1-7(2)8-5-9(8)3-4-10-6-9;/h7-8,10H,3-6H2,1-2H3;1H. The van der Waals surface area contributed by atoms with Gasteiger partial charge in [0, 0.05) is 7.97 Å². The first-order valence-electron chi connectivity index (χ1n) is 4.45. The molecule has 1 saturated carbocycles. The van der Waals surface area contributed by atoms with Gasteiger partial charge in [0.05, 0.1) is 0 Å². The first kappa shape index (κ1) is 6.66. The Hall–Kier alpha value is -0.0400. The normalized spacial score (nSPS) is 45.3. The Kier molecular flexibility index (Phi) is 1.31. The van der Waals surface area contributed by atoms with E-state index in [4.69, 9.17) is 0 Å². The first-order chi connectivity index (χ1) is 4.75. The minimum absolute atomic E-state index is 0. The average molecular weight is 141 g/mol. The van der Waals surface area contributed by atoms with E-state index < -0.39 is 0 Å². The summed E-state index contributed by atoms with van der Waals surface area (Å²) in [5.74, 6) is 1.96. The van der Waals surface area contributed by atoms with Crippen molar-refractivity contribution in [1.82, 2.24) is 5.32 Å². The summed E-state index contributed by atoms with van der Waals surface area (Å²) in [6.07, 6.45) is 2.94. The number of rotatable bonds is 1. The van der Waals surface area contributed by atoms with Crippen molar-refractivity contribution in [3.05, 3.63) is 0 Å². The van der Waals surface area contributed by atoms with Crippen LogP contribution in [0.1, 0.15) is 28.1 Å². The quantitative estimate of drug-likeness (QED) is 0.588. The fourth-order valence-corrected chi connectivity index (χ4v) is 2.58. The molecule has 1 aliphatic carbocycles. The van der Waals surface area contributed by atoms with Crippen molar-refractivity contribution in [3.8, 4) is 0 Å². The lowest BCUT2D eigenvalue weighted by Gasteiger charge is -2.08. The second-order valence-corrected chi connectivity index (χ2v) is 4.34. The van der Waals surface area contributed by atoms with Crippen molar-refractivity contribution >= 4 is 0 Å². The lowest BCUT2D eigenvalue weighted by Crippen LogP contribution is -2.12. The van der Waals surface area contributed by atoms with Gasteiger partial charge in [0.15, 0.2) is 0 Å². The van der Waals surface area contributed by atoms with Crippen LogP contribution in [0.4, 0.5) is 0 Å². The average Bonchev–Trinajstić information content (AvgIpc) is 2.32. The zero-order chi connectivity index (χ0) is 7.19. The fraction of sp³-hybridized carbons (Fsp3) is 1.00. The van der Waals surface area contributed by atoms with Gasteiger partial charge in [-0.05, 0) is 36.6 Å². The molecule has 0 aromatic heterocycles. The highest BCUT2D eigenvalue weighted by Gasteiger charge is 2.55. The summed E-state index contributed by atoms with van der Waals surface area (Å²) in [4.78, 5) is 0. The largest absolute Gasteiger partial charge is 0.316 e. The predicted molar refractivity (Wildman–Crippen MR) is 45.0 cm³/mol. The lowest BCUT2D eigenvalue weighted by atomic mass is 9.96. The summed E-state index contributed by atoms with van der Waals surface area (Å²) in [7, 11) is 0. The van der Waals surface area contributed by atoms with Crippen LogP contribution in [0.25, 0.3) is 0 Å². The highest BCUT2D eigenvalue weighted by Crippen LogP contribution is 2.59. The molecular formula is C9H19N. The van der Waals surface area contributed by atoms with Crippen LogP contribution in [0.15, 0.2) is 0 Å². The Morgan fingerprint density at radius 2 is 2.40 bits per heavy atom. The lowest BCUT2D eigenvalue weighted by molar-refractivity contribution is 0.421. The van der Waals surface area contributed by atoms with Crippen LogP contribution in [0.5, 0.6) is 0 Å². The molecule has 1 saturated heterocycles. The summed E-state index contributed by atoms with van der Waals surface area (Å²) in [5, 5.41) is 3.46. The van der Waals surface area contributed by atoms with E-state index in [1.807, 2.05) is 0 Å². The molecule has 60 valence electrons. The Labute approximate surface area is 64.7 Å². The Morgan fingerprint density at radius 1 is 1.60 bits per heavy atom. The second-order valence-electron chi connectivity index (χ2n) is 4.34. The maximum atomic E-state index is 3.46. The third kappa shape index (κ3) is 0.800. The fourth-order valence-electron chi connectivity index (χ4n) is 2.58. The minimum atomic E-state index is 0. The van der Waals surface area contributed by atoms with Crippen molar-refractivity contribution in [1.29, 1.82) is 0 Å². The van der Waals surface area contributed by atoms with Crippen molar-refractivity contribution in [3.63, 3.8) is 0 Å². The first-order valence-corrected chi connectivity index (χ1v) is 4.45. The van der Waals surface area contributed by atoms with Crippen LogP contribution in [0.3, 0.4) is 0 Å². The molecule has 1 aliphatic heterocycles. The molecule has 1 spiro atoms. The zero-order valence-electron chi connectivity index (χ0n) is 6.98. The van der Waals surface area contributed by atoms with Gasteiger partial charge in [-0.1, -0.05) is 13.8 Å². The van der Waals surface area contributed by atoms with Gasteiger partial charge in [0.2, 0.25) is 0 Å². The number of nitrogens with one attached hydrogen (secondary N) is 1. The van der Waals surface area contributed by atoms with Crippen LogP contribution in [0, 0.1) is 17.3 Å². The van der Waals surface area contributed by atoms with E-state index in [9.17, 15) is 0 Å². The van der Waals surface area contributed by atoms with Crippen LogP contribution in [-0.2, 0) is 0 Å². The number of hydrogen-bond donors (Lipinski definition) is 1. The summed E-state index contributed by atoms with van der Waals surface area (Å²) in [5.41, 5.74) is 0.772. The van der Waals surface area contributed by atoms with E-state index in [2.05, 4.69) is 19.2 Å². The molecule has 2 fully saturated rings. The molecule has 0 radical (unpaired) electrons. The minimum Gasteiger partial charge on any atom is -0.316 e. The summed E-state index contributed by atoms with van der Waals surface area (Å²) in [6, 6.07) is 0. The molecule has 2 aliphatic rings. The van der Waals surface area contributed by atoms with Gasteiger partial charge >= 0.3 is 0 Å². The van der Waals surface area contributed by atoms with Crippen molar-refractivity contribution in [2.24, 2.45) is 17.3 Å². The van der Waals surface area contributed by atoms with Crippen molar-refractivity contribution in [2.75, 3.05) is 13.1 Å². The van der Waals surface area contributed by atoms with Crippen molar-refractivity contribution < 1.29 is 1.43 Å². The van der Waals surface area contributed by atoms with Gasteiger partial charge in [-0.25, -0.2) is 0 Å². The molecule has 2 atom stereocenters. The molecule has 0 aromatic carbocycles. The van der Waals surface area contributed by atoms with Crippen molar-refractivity contribution in [2.45, 2.75) is 26.7 Å². The van der Waals surface area contributed by atoms with E-state index in [1.54, 1.807) is 0 Å². The van der Waals surface area contributed by atoms with Crippen LogP contribution < -0.4 is 5.32 Å². The zero-order valence-corrected chi connectivity index (χ0v) is 6.98. The molecule has 0 amide bonds. The molecule has 0 bridgehead atoms. The Balaban J connectivity index is 0.000000605. The Bertz CT molecular complexity index is 138. The third-order valence-electron chi connectivity index (χ3n) is 3.33. The summed E-state index contributed by atoms with van der Waals surface area (Å²) < 4.78 is 0. The highest BCUT2D eigenvalue weighted by atomic mass is 15.0. The van der Waals surface area contributed by atoms with Gasteiger partial charge in [-0.3, -0.25) is 0 Å². The van der Waals surface area contributed by atoms with E-state index in [1.165, 1.54) is 25.9 Å². The number of hydrogen-bond acceptors (Lipinski definition) is 1. The third-order valence-corrected chi connectivity index (χ3v) is 3.33. The SMILES string of the molecule is CC(C)C1CC12CCNC2.[HH]. The van der Waals surface area contributed by atoms with E-state index in [0.29, 0.717) is 0 Å². The maximum Gasteiger partial charge on any atom is 0.00112 e. The summed E-state index contributed by atoms with van der Waals surface area (Å²) >= 11 is 0. The second kappa shape index (κ2) is 1.97. The summed E-state index contributed by atoms with van der Waals surface area (Å²) in [6.45, 7) is 7.29. The molecule has 0 aromatic rings. The topological polar surface area (TPSA) is 12.0 Å². The van der Waals surface area contributed by atoms with Crippen LogP contribution in [0.2, 0.25) is 0 Å². The van der Waals surface area contributed by atoms with E-state index in [-0.39, 0.29) is 1.43 Å². The molecule has 10 heavy (non-hydrogen) atoms. The van der Waals surface area contributed by atoms with E-state index >= 15 is 0 Å².